The number of rotatable bonds is 12. The molecule has 2 amide bonds. The van der Waals surface area contributed by atoms with Crippen molar-refractivity contribution in [1.29, 1.82) is 0 Å². The molecule has 0 saturated heterocycles. The van der Waals surface area contributed by atoms with Crippen molar-refractivity contribution in [3.63, 3.8) is 0 Å². The SMILES string of the molecule is CCOc1cc([C@@H]2NC(=O)NC(C)=C2C(=O)OC)ccc1OC[C@@H](O)N/N=C/c1cn(Cc2cccc3ccccc23)c2ccccc12. The van der Waals surface area contributed by atoms with E-state index < -0.39 is 24.3 Å². The number of hydrazone groups is 1. The van der Waals surface area contributed by atoms with Gasteiger partial charge in [-0.05, 0) is 53.9 Å². The van der Waals surface area contributed by atoms with Crippen molar-refractivity contribution >= 4 is 39.9 Å². The van der Waals surface area contributed by atoms with Crippen molar-refractivity contribution < 1.29 is 28.9 Å². The third-order valence-corrected chi connectivity index (χ3v) is 8.14. The number of urea groups is 1. The molecule has 2 heterocycles. The van der Waals surface area contributed by atoms with Crippen LogP contribution in [0.4, 0.5) is 4.79 Å². The first-order chi connectivity index (χ1) is 23.4. The number of nitrogens with one attached hydrogen (secondary N) is 3. The molecular weight excluding hydrogens is 610 g/mol. The van der Waals surface area contributed by atoms with Gasteiger partial charge in [0.05, 0.1) is 31.5 Å². The summed E-state index contributed by atoms with van der Waals surface area (Å²) in [7, 11) is 1.29. The summed E-state index contributed by atoms with van der Waals surface area (Å²) >= 11 is 0. The minimum absolute atomic E-state index is 0.129. The van der Waals surface area contributed by atoms with E-state index in [-0.39, 0.29) is 12.2 Å². The Labute approximate surface area is 277 Å². The maximum Gasteiger partial charge on any atom is 0.337 e. The number of esters is 1. The first-order valence-corrected chi connectivity index (χ1v) is 15.6. The molecule has 2 atom stereocenters. The summed E-state index contributed by atoms with van der Waals surface area (Å²) in [5.74, 6) is 0.203. The summed E-state index contributed by atoms with van der Waals surface area (Å²) in [4.78, 5) is 24.7. The van der Waals surface area contributed by atoms with Gasteiger partial charge in [0, 0.05) is 34.9 Å². The molecule has 1 aliphatic heterocycles. The van der Waals surface area contributed by atoms with Crippen LogP contribution in [0.2, 0.25) is 0 Å². The van der Waals surface area contributed by atoms with Crippen molar-refractivity contribution in [3.05, 3.63) is 119 Å². The molecule has 11 heteroatoms. The van der Waals surface area contributed by atoms with Crippen LogP contribution in [-0.2, 0) is 16.1 Å². The molecule has 4 N–H and O–H groups in total. The summed E-state index contributed by atoms with van der Waals surface area (Å²) in [5, 5.41) is 23.8. The van der Waals surface area contributed by atoms with E-state index >= 15 is 0 Å². The van der Waals surface area contributed by atoms with Crippen molar-refractivity contribution in [1.82, 2.24) is 20.6 Å². The number of carbonyl (C=O) groups is 2. The molecule has 246 valence electrons. The van der Waals surface area contributed by atoms with Crippen LogP contribution in [0.3, 0.4) is 0 Å². The standard InChI is InChI=1S/C37H37N5O6/c1-4-47-32-18-25(35-34(36(44)46-3)23(2)39-37(45)40-35)16-17-31(32)48-22-33(43)41-38-19-27-21-42(30-15-8-7-14-29(27)30)20-26-12-9-11-24-10-5-6-13-28(24)26/h5-19,21,33,35,41,43H,4,20,22H2,1-3H3,(H2,39,40,45)/b38-19+/t33-,35+/m1/s1. The van der Waals surface area contributed by atoms with E-state index in [0.717, 1.165) is 16.5 Å². The van der Waals surface area contributed by atoms with Crippen LogP contribution < -0.4 is 25.5 Å². The molecule has 0 bridgehead atoms. The van der Waals surface area contributed by atoms with E-state index in [1.807, 2.05) is 25.1 Å². The van der Waals surface area contributed by atoms with E-state index in [9.17, 15) is 14.7 Å². The molecule has 48 heavy (non-hydrogen) atoms. The molecule has 0 saturated carbocycles. The highest BCUT2D eigenvalue weighted by atomic mass is 16.5. The van der Waals surface area contributed by atoms with Gasteiger partial charge in [0.15, 0.2) is 17.7 Å². The maximum atomic E-state index is 12.5. The third-order valence-electron chi connectivity index (χ3n) is 8.14. The van der Waals surface area contributed by atoms with Gasteiger partial charge < -0.3 is 34.5 Å². The number of aromatic nitrogens is 1. The number of methoxy groups -OCH3 is 1. The van der Waals surface area contributed by atoms with Crippen LogP contribution >= 0.6 is 0 Å². The Hall–Kier alpha value is -5.81. The normalized spacial score (nSPS) is 15.3. The number of hydrogen-bond acceptors (Lipinski definition) is 8. The third kappa shape index (κ3) is 6.81. The molecular formula is C37H37N5O6. The van der Waals surface area contributed by atoms with Crippen LogP contribution in [-0.4, -0.2) is 54.4 Å². The highest BCUT2D eigenvalue weighted by Crippen LogP contribution is 2.35. The summed E-state index contributed by atoms with van der Waals surface area (Å²) in [6.07, 6.45) is 2.62. The number of amides is 2. The van der Waals surface area contributed by atoms with Crippen molar-refractivity contribution in [3.8, 4) is 11.5 Å². The van der Waals surface area contributed by atoms with Crippen molar-refractivity contribution in [2.45, 2.75) is 32.7 Å². The van der Waals surface area contributed by atoms with Crippen LogP contribution in [0.5, 0.6) is 11.5 Å². The van der Waals surface area contributed by atoms with E-state index in [1.165, 1.54) is 23.4 Å². The monoisotopic (exact) mass is 647 g/mol. The first kappa shape index (κ1) is 32.1. The molecule has 0 spiro atoms. The average Bonchev–Trinajstić information content (AvgIpc) is 3.44. The van der Waals surface area contributed by atoms with Gasteiger partial charge in [0.1, 0.15) is 6.61 Å². The number of aliphatic hydroxyl groups is 1. The molecule has 1 aromatic heterocycles. The second-order valence-electron chi connectivity index (χ2n) is 11.3. The predicted octanol–water partition coefficient (Wildman–Crippen LogP) is 5.36. The molecule has 5 aromatic rings. The Kier molecular flexibility index (Phi) is 9.58. The number of benzene rings is 4. The fourth-order valence-corrected chi connectivity index (χ4v) is 5.94. The summed E-state index contributed by atoms with van der Waals surface area (Å²) in [5.41, 5.74) is 7.22. The number of para-hydroxylation sites is 1. The highest BCUT2D eigenvalue weighted by Gasteiger charge is 2.32. The smallest absolute Gasteiger partial charge is 0.337 e. The number of carbonyl (C=O) groups excluding carboxylic acids is 2. The summed E-state index contributed by atoms with van der Waals surface area (Å²) in [6, 6.07) is 26.8. The lowest BCUT2D eigenvalue weighted by Gasteiger charge is -2.28. The van der Waals surface area contributed by atoms with Crippen LogP contribution in [0, 0.1) is 0 Å². The van der Waals surface area contributed by atoms with E-state index in [4.69, 9.17) is 14.2 Å². The van der Waals surface area contributed by atoms with Crippen molar-refractivity contribution in [2.24, 2.45) is 5.10 Å². The number of allylic oxidation sites excluding steroid dienone is 1. The van der Waals surface area contributed by atoms with Gasteiger partial charge in [-0.2, -0.15) is 5.10 Å². The van der Waals surface area contributed by atoms with Gasteiger partial charge in [0.25, 0.3) is 0 Å². The number of hydrogen-bond donors (Lipinski definition) is 4. The van der Waals surface area contributed by atoms with Gasteiger partial charge >= 0.3 is 12.0 Å². The van der Waals surface area contributed by atoms with E-state index in [0.29, 0.717) is 35.9 Å². The number of ether oxygens (including phenoxy) is 3. The largest absolute Gasteiger partial charge is 0.490 e. The number of nitrogens with zero attached hydrogens (tertiary/aromatic N) is 2. The molecule has 4 aromatic carbocycles. The number of fused-ring (bicyclic) bond motifs is 2. The van der Waals surface area contributed by atoms with Gasteiger partial charge in [-0.15, -0.1) is 0 Å². The summed E-state index contributed by atoms with van der Waals surface area (Å²) < 4.78 is 18.8. The fraction of sp³-hybridized carbons (Fsp3) is 0.216. The first-order valence-electron chi connectivity index (χ1n) is 15.6. The molecule has 6 rings (SSSR count). The molecule has 0 aliphatic carbocycles. The van der Waals surface area contributed by atoms with Gasteiger partial charge in [-0.25, -0.2) is 9.59 Å². The molecule has 11 nitrogen and oxygen atoms in total. The predicted molar refractivity (Wildman–Crippen MR) is 184 cm³/mol. The lowest BCUT2D eigenvalue weighted by Crippen LogP contribution is -2.45. The van der Waals surface area contributed by atoms with Gasteiger partial charge in [-0.1, -0.05) is 66.7 Å². The zero-order valence-corrected chi connectivity index (χ0v) is 26.9. The Morgan fingerprint density at radius 2 is 1.79 bits per heavy atom. The second kappa shape index (κ2) is 14.3. The Bertz CT molecular complexity index is 2030. The Balaban J connectivity index is 1.14. The Morgan fingerprint density at radius 1 is 1.02 bits per heavy atom. The lowest BCUT2D eigenvalue weighted by atomic mass is 9.95. The van der Waals surface area contributed by atoms with Crippen LogP contribution in [0.25, 0.3) is 21.7 Å². The lowest BCUT2D eigenvalue weighted by molar-refractivity contribution is -0.136. The zero-order chi connectivity index (χ0) is 33.6. The Morgan fingerprint density at radius 3 is 2.60 bits per heavy atom. The maximum absolute atomic E-state index is 12.5. The average molecular weight is 648 g/mol. The highest BCUT2D eigenvalue weighted by molar-refractivity contribution is 5.99. The van der Waals surface area contributed by atoms with Crippen LogP contribution in [0.15, 0.2) is 107 Å². The minimum atomic E-state index is -1.13. The van der Waals surface area contributed by atoms with Crippen LogP contribution in [0.1, 0.15) is 36.6 Å². The van der Waals surface area contributed by atoms with E-state index in [1.54, 1.807) is 31.3 Å². The molecule has 0 radical (unpaired) electrons. The van der Waals surface area contributed by atoms with Gasteiger partial charge in [0.2, 0.25) is 0 Å². The molecule has 1 aliphatic rings. The fourth-order valence-electron chi connectivity index (χ4n) is 5.94. The quantitative estimate of drug-likeness (QED) is 0.0620. The second-order valence-corrected chi connectivity index (χ2v) is 11.3. The number of aliphatic hydroxyl groups excluding tert-OH is 1. The van der Waals surface area contributed by atoms with E-state index in [2.05, 4.69) is 80.5 Å². The molecule has 0 fully saturated rings. The summed E-state index contributed by atoms with van der Waals surface area (Å²) in [6.45, 7) is 4.38. The topological polar surface area (TPSA) is 135 Å². The van der Waals surface area contributed by atoms with Crippen molar-refractivity contribution in [2.75, 3.05) is 20.3 Å². The zero-order valence-electron chi connectivity index (χ0n) is 26.9. The minimum Gasteiger partial charge on any atom is -0.490 e. The van der Waals surface area contributed by atoms with Gasteiger partial charge in [-0.3, -0.25) is 5.43 Å². The molecule has 0 unspecified atom stereocenters.